The number of ether oxygens (including phenoxy) is 2. The molecule has 3 rings (SSSR count). The molecule has 120 valence electrons. The van der Waals surface area contributed by atoms with E-state index < -0.39 is 0 Å². The summed E-state index contributed by atoms with van der Waals surface area (Å²) in [6.45, 7) is 2.75. The molecule has 1 saturated heterocycles. The molecule has 1 aliphatic heterocycles. The first-order valence-electron chi connectivity index (χ1n) is 7.43. The van der Waals surface area contributed by atoms with Crippen molar-refractivity contribution in [1.29, 1.82) is 0 Å². The predicted octanol–water partition coefficient (Wildman–Crippen LogP) is 3.05. The van der Waals surface area contributed by atoms with Gasteiger partial charge in [-0.2, -0.15) is 0 Å². The Morgan fingerprint density at radius 3 is 2.52 bits per heavy atom. The number of methoxy groups -OCH3 is 1. The molecule has 1 heterocycles. The molecule has 0 bridgehead atoms. The number of hydrogen-bond acceptors (Lipinski definition) is 3. The van der Waals surface area contributed by atoms with E-state index >= 15 is 0 Å². The summed E-state index contributed by atoms with van der Waals surface area (Å²) in [5, 5.41) is 0. The summed E-state index contributed by atoms with van der Waals surface area (Å²) in [7, 11) is 1.59. The van der Waals surface area contributed by atoms with Crippen molar-refractivity contribution in [2.75, 3.05) is 20.2 Å². The van der Waals surface area contributed by atoms with E-state index in [1.54, 1.807) is 18.9 Å². The fraction of sp³-hybridized carbons (Fsp3) is 0.278. The lowest BCUT2D eigenvalue weighted by Crippen LogP contribution is -2.56. The number of hydrogen-bond donors (Lipinski definition) is 0. The average Bonchev–Trinajstić information content (AvgIpc) is 2.50. The second-order valence-corrected chi connectivity index (χ2v) is 5.56. The lowest BCUT2D eigenvalue weighted by atomic mass is 10.0. The van der Waals surface area contributed by atoms with Gasteiger partial charge in [-0.15, -0.1) is 0 Å². The van der Waals surface area contributed by atoms with Crippen molar-refractivity contribution in [3.05, 3.63) is 59.4 Å². The Morgan fingerprint density at radius 2 is 1.87 bits per heavy atom. The molecule has 0 N–H and O–H groups in total. The molecule has 23 heavy (non-hydrogen) atoms. The van der Waals surface area contributed by atoms with Crippen LogP contribution in [0.4, 0.5) is 4.39 Å². The standard InChI is InChI=1S/C18H18FNO3/c1-12-9-13(19)7-8-15(12)18(21)20-10-14(11-20)23-17-6-4-3-5-16(17)22-2/h3-9,14H,10-11H2,1-2H3. The summed E-state index contributed by atoms with van der Waals surface area (Å²) < 4.78 is 24.2. The van der Waals surface area contributed by atoms with E-state index in [0.717, 1.165) is 0 Å². The zero-order valence-corrected chi connectivity index (χ0v) is 13.1. The second kappa shape index (κ2) is 6.28. The molecule has 0 saturated carbocycles. The van der Waals surface area contributed by atoms with Gasteiger partial charge in [0.1, 0.15) is 11.9 Å². The molecule has 1 fully saturated rings. The number of benzene rings is 2. The summed E-state index contributed by atoms with van der Waals surface area (Å²) in [5.74, 6) is 0.916. The smallest absolute Gasteiger partial charge is 0.254 e. The molecule has 0 aromatic heterocycles. The number of carbonyl (C=O) groups excluding carboxylic acids is 1. The first-order chi connectivity index (χ1) is 11.1. The summed E-state index contributed by atoms with van der Waals surface area (Å²) in [4.78, 5) is 14.1. The minimum Gasteiger partial charge on any atom is -0.493 e. The zero-order chi connectivity index (χ0) is 16.4. The molecule has 2 aromatic carbocycles. The molecule has 5 heteroatoms. The van der Waals surface area contributed by atoms with Gasteiger partial charge in [0.25, 0.3) is 5.91 Å². The first-order valence-corrected chi connectivity index (χ1v) is 7.43. The van der Waals surface area contributed by atoms with Crippen LogP contribution >= 0.6 is 0 Å². The Bertz CT molecular complexity index is 726. The van der Waals surface area contributed by atoms with Gasteiger partial charge in [0.15, 0.2) is 11.5 Å². The van der Waals surface area contributed by atoms with Crippen LogP contribution in [0.5, 0.6) is 11.5 Å². The van der Waals surface area contributed by atoms with Crippen molar-refractivity contribution < 1.29 is 18.7 Å². The summed E-state index contributed by atoms with van der Waals surface area (Å²) in [6, 6.07) is 11.6. The number of para-hydroxylation sites is 2. The Kier molecular flexibility index (Phi) is 4.19. The van der Waals surface area contributed by atoms with E-state index in [0.29, 0.717) is 35.7 Å². The van der Waals surface area contributed by atoms with Crippen molar-refractivity contribution >= 4 is 5.91 Å². The number of rotatable bonds is 4. The predicted molar refractivity (Wildman–Crippen MR) is 84.5 cm³/mol. The van der Waals surface area contributed by atoms with Crippen LogP contribution in [0.25, 0.3) is 0 Å². The number of carbonyl (C=O) groups is 1. The average molecular weight is 315 g/mol. The van der Waals surface area contributed by atoms with Gasteiger partial charge in [0.2, 0.25) is 0 Å². The molecular formula is C18H18FNO3. The highest BCUT2D eigenvalue weighted by molar-refractivity contribution is 5.96. The largest absolute Gasteiger partial charge is 0.493 e. The summed E-state index contributed by atoms with van der Waals surface area (Å²) in [6.07, 6.45) is -0.0593. The molecule has 0 radical (unpaired) electrons. The van der Waals surface area contributed by atoms with Crippen LogP contribution in [0, 0.1) is 12.7 Å². The number of amides is 1. The van der Waals surface area contributed by atoms with Crippen LogP contribution in [0.15, 0.2) is 42.5 Å². The van der Waals surface area contributed by atoms with Crippen molar-refractivity contribution in [3.8, 4) is 11.5 Å². The van der Waals surface area contributed by atoms with E-state index in [4.69, 9.17) is 9.47 Å². The topological polar surface area (TPSA) is 38.8 Å². The highest BCUT2D eigenvalue weighted by Gasteiger charge is 2.33. The quantitative estimate of drug-likeness (QED) is 0.870. The fourth-order valence-electron chi connectivity index (χ4n) is 2.61. The van der Waals surface area contributed by atoms with E-state index in [2.05, 4.69) is 0 Å². The van der Waals surface area contributed by atoms with E-state index in [1.165, 1.54) is 18.2 Å². The Labute approximate surface area is 134 Å². The molecule has 1 amide bonds. The van der Waals surface area contributed by atoms with Crippen molar-refractivity contribution in [2.45, 2.75) is 13.0 Å². The SMILES string of the molecule is COc1ccccc1OC1CN(C(=O)c2ccc(F)cc2C)C1. The lowest BCUT2D eigenvalue weighted by Gasteiger charge is -2.39. The number of likely N-dealkylation sites (tertiary alicyclic amines) is 1. The molecule has 0 atom stereocenters. The van der Waals surface area contributed by atoms with Crippen LogP contribution < -0.4 is 9.47 Å². The maximum Gasteiger partial charge on any atom is 0.254 e. The maximum absolute atomic E-state index is 13.1. The van der Waals surface area contributed by atoms with E-state index in [9.17, 15) is 9.18 Å². The highest BCUT2D eigenvalue weighted by Crippen LogP contribution is 2.29. The van der Waals surface area contributed by atoms with E-state index in [1.807, 2.05) is 24.3 Å². The fourth-order valence-corrected chi connectivity index (χ4v) is 2.61. The zero-order valence-electron chi connectivity index (χ0n) is 13.1. The Morgan fingerprint density at radius 1 is 1.17 bits per heavy atom. The third kappa shape index (κ3) is 3.13. The van der Waals surface area contributed by atoms with Crippen molar-refractivity contribution in [1.82, 2.24) is 4.90 Å². The van der Waals surface area contributed by atoms with Gasteiger partial charge < -0.3 is 14.4 Å². The van der Waals surface area contributed by atoms with Crippen molar-refractivity contribution in [3.63, 3.8) is 0 Å². The Balaban J connectivity index is 1.61. The van der Waals surface area contributed by atoms with Crippen LogP contribution in [0.1, 0.15) is 15.9 Å². The third-order valence-electron chi connectivity index (χ3n) is 3.92. The molecule has 0 spiro atoms. The summed E-state index contributed by atoms with van der Waals surface area (Å²) in [5.41, 5.74) is 1.17. The molecule has 4 nitrogen and oxygen atoms in total. The maximum atomic E-state index is 13.1. The molecule has 0 unspecified atom stereocenters. The Hall–Kier alpha value is -2.56. The summed E-state index contributed by atoms with van der Waals surface area (Å²) >= 11 is 0. The van der Waals surface area contributed by atoms with Gasteiger partial charge in [-0.3, -0.25) is 4.79 Å². The monoisotopic (exact) mass is 315 g/mol. The molecule has 0 aliphatic carbocycles. The minimum atomic E-state index is -0.333. The minimum absolute atomic E-state index is 0.0593. The van der Waals surface area contributed by atoms with Gasteiger partial charge in [0, 0.05) is 5.56 Å². The van der Waals surface area contributed by atoms with Crippen LogP contribution in [-0.4, -0.2) is 37.1 Å². The van der Waals surface area contributed by atoms with Gasteiger partial charge >= 0.3 is 0 Å². The van der Waals surface area contributed by atoms with E-state index in [-0.39, 0.29) is 17.8 Å². The number of aryl methyl sites for hydroxylation is 1. The van der Waals surface area contributed by atoms with Crippen LogP contribution in [0.3, 0.4) is 0 Å². The molecule has 2 aromatic rings. The second-order valence-electron chi connectivity index (χ2n) is 5.56. The van der Waals surface area contributed by atoms with Gasteiger partial charge in [0.05, 0.1) is 20.2 Å². The number of nitrogens with zero attached hydrogens (tertiary/aromatic N) is 1. The normalized spacial score (nSPS) is 14.3. The first kappa shape index (κ1) is 15.3. The van der Waals surface area contributed by atoms with Gasteiger partial charge in [-0.25, -0.2) is 4.39 Å². The third-order valence-corrected chi connectivity index (χ3v) is 3.92. The lowest BCUT2D eigenvalue weighted by molar-refractivity contribution is 0.0168. The number of halogens is 1. The highest BCUT2D eigenvalue weighted by atomic mass is 19.1. The van der Waals surface area contributed by atoms with Gasteiger partial charge in [-0.05, 0) is 42.8 Å². The molecule has 1 aliphatic rings. The van der Waals surface area contributed by atoms with Crippen molar-refractivity contribution in [2.24, 2.45) is 0 Å². The van der Waals surface area contributed by atoms with Gasteiger partial charge in [-0.1, -0.05) is 12.1 Å². The van der Waals surface area contributed by atoms with Crippen LogP contribution in [0.2, 0.25) is 0 Å². The van der Waals surface area contributed by atoms with Crippen LogP contribution in [-0.2, 0) is 0 Å². The molecular weight excluding hydrogens is 297 g/mol.